The zero-order valence-electron chi connectivity index (χ0n) is 7.55. The summed E-state index contributed by atoms with van der Waals surface area (Å²) in [5, 5.41) is 12.2. The van der Waals surface area contributed by atoms with Crippen LogP contribution in [0.1, 0.15) is 5.56 Å². The van der Waals surface area contributed by atoms with Gasteiger partial charge in [-0.3, -0.25) is 0 Å². The van der Waals surface area contributed by atoms with Crippen LogP contribution in [0.3, 0.4) is 0 Å². The highest BCUT2D eigenvalue weighted by molar-refractivity contribution is 8.01. The van der Waals surface area contributed by atoms with Crippen molar-refractivity contribution in [1.82, 2.24) is 9.97 Å². The first-order valence-corrected chi connectivity index (χ1v) is 6.20. The minimum absolute atomic E-state index is 0.145. The van der Waals surface area contributed by atoms with Gasteiger partial charge < -0.3 is 5.11 Å². The Morgan fingerprint density at radius 1 is 1.47 bits per heavy atom. The largest absolute Gasteiger partial charge is 0.391 e. The van der Waals surface area contributed by atoms with Crippen molar-refractivity contribution in [3.8, 4) is 0 Å². The number of aliphatic hydroxyl groups is 1. The van der Waals surface area contributed by atoms with Crippen LogP contribution in [0.25, 0.3) is 0 Å². The van der Waals surface area contributed by atoms with Crippen molar-refractivity contribution in [2.24, 2.45) is 0 Å². The number of nitrogens with zero attached hydrogens (tertiary/aromatic N) is 2. The lowest BCUT2D eigenvalue weighted by atomic mass is 10.4. The Bertz CT molecular complexity index is 447. The van der Waals surface area contributed by atoms with Crippen LogP contribution in [0.4, 0.5) is 0 Å². The van der Waals surface area contributed by atoms with E-state index in [1.54, 1.807) is 11.3 Å². The highest BCUT2D eigenvalue weighted by atomic mass is 35.5. The van der Waals surface area contributed by atoms with Gasteiger partial charge in [-0.25, -0.2) is 9.97 Å². The topological polar surface area (TPSA) is 46.0 Å². The van der Waals surface area contributed by atoms with Crippen LogP contribution in [0.5, 0.6) is 0 Å². The lowest BCUT2D eigenvalue weighted by Crippen LogP contribution is -1.94. The molecule has 0 bridgehead atoms. The van der Waals surface area contributed by atoms with E-state index in [0.717, 1.165) is 4.21 Å². The minimum atomic E-state index is -0.145. The zero-order chi connectivity index (χ0) is 10.7. The Hall–Kier alpha value is -0.620. The van der Waals surface area contributed by atoms with Gasteiger partial charge in [-0.2, -0.15) is 0 Å². The summed E-state index contributed by atoms with van der Waals surface area (Å²) in [7, 11) is 0. The molecule has 0 atom stereocenters. The quantitative estimate of drug-likeness (QED) is 0.860. The summed E-state index contributed by atoms with van der Waals surface area (Å²) in [4.78, 5) is 7.92. The van der Waals surface area contributed by atoms with Gasteiger partial charge in [0.15, 0.2) is 0 Å². The molecule has 0 saturated carbocycles. The standard InChI is InChI=1S/C9H7ClN2OS2/c10-8-6(4-13)9(12-5-11-8)15-7-2-1-3-14-7/h1-3,5,13H,4H2. The molecule has 0 unspecified atom stereocenters. The van der Waals surface area contributed by atoms with E-state index in [9.17, 15) is 0 Å². The Balaban J connectivity index is 2.32. The molecule has 15 heavy (non-hydrogen) atoms. The number of hydrogen-bond donors (Lipinski definition) is 1. The fourth-order valence-electron chi connectivity index (χ4n) is 1.01. The number of hydrogen-bond acceptors (Lipinski definition) is 5. The second-order valence-corrected chi connectivity index (χ2v) is 5.24. The van der Waals surface area contributed by atoms with Crippen molar-refractivity contribution in [3.63, 3.8) is 0 Å². The van der Waals surface area contributed by atoms with Crippen LogP contribution >= 0.6 is 34.7 Å². The summed E-state index contributed by atoms with van der Waals surface area (Å²) in [6.07, 6.45) is 1.40. The molecular weight excluding hydrogens is 252 g/mol. The second kappa shape index (κ2) is 4.94. The van der Waals surface area contributed by atoms with Gasteiger partial charge in [0, 0.05) is 5.56 Å². The first-order chi connectivity index (χ1) is 7.31. The second-order valence-electron chi connectivity index (χ2n) is 2.64. The molecule has 1 N–H and O–H groups in total. The average molecular weight is 259 g/mol. The average Bonchev–Trinajstić information content (AvgIpc) is 2.71. The predicted molar refractivity (Wildman–Crippen MR) is 61.4 cm³/mol. The molecule has 0 aromatic carbocycles. The number of aromatic nitrogens is 2. The Morgan fingerprint density at radius 3 is 3.00 bits per heavy atom. The molecule has 0 aliphatic rings. The van der Waals surface area contributed by atoms with Gasteiger partial charge in [0.25, 0.3) is 0 Å². The van der Waals surface area contributed by atoms with Crippen molar-refractivity contribution < 1.29 is 5.11 Å². The van der Waals surface area contributed by atoms with E-state index < -0.39 is 0 Å². The summed E-state index contributed by atoms with van der Waals surface area (Å²) < 4.78 is 1.11. The highest BCUT2D eigenvalue weighted by Crippen LogP contribution is 2.33. The van der Waals surface area contributed by atoms with Crippen LogP contribution in [0, 0.1) is 0 Å². The van der Waals surface area contributed by atoms with E-state index in [1.165, 1.54) is 18.1 Å². The molecule has 2 aromatic heterocycles. The van der Waals surface area contributed by atoms with Crippen molar-refractivity contribution in [2.45, 2.75) is 15.8 Å². The van der Waals surface area contributed by atoms with Crippen molar-refractivity contribution in [1.29, 1.82) is 0 Å². The fraction of sp³-hybridized carbons (Fsp3) is 0.111. The lowest BCUT2D eigenvalue weighted by Gasteiger charge is -2.04. The Kier molecular flexibility index (Phi) is 3.58. The molecule has 0 fully saturated rings. The molecule has 3 nitrogen and oxygen atoms in total. The molecular formula is C9H7ClN2OS2. The predicted octanol–water partition coefficient (Wildman–Crippen LogP) is 2.84. The van der Waals surface area contributed by atoms with Crippen molar-refractivity contribution >= 4 is 34.7 Å². The van der Waals surface area contributed by atoms with Gasteiger partial charge >= 0.3 is 0 Å². The maximum Gasteiger partial charge on any atom is 0.139 e. The Morgan fingerprint density at radius 2 is 2.33 bits per heavy atom. The highest BCUT2D eigenvalue weighted by Gasteiger charge is 2.10. The third-order valence-corrected chi connectivity index (χ3v) is 4.11. The third kappa shape index (κ3) is 2.49. The van der Waals surface area contributed by atoms with Crippen LogP contribution in [0.2, 0.25) is 5.15 Å². The smallest absolute Gasteiger partial charge is 0.139 e. The molecule has 0 amide bonds. The summed E-state index contributed by atoms with van der Waals surface area (Å²) >= 11 is 8.95. The van der Waals surface area contributed by atoms with Crippen LogP contribution in [-0.2, 0) is 6.61 Å². The molecule has 0 aliphatic heterocycles. The molecule has 0 aliphatic carbocycles. The van der Waals surface area contributed by atoms with Crippen molar-refractivity contribution in [3.05, 3.63) is 34.6 Å². The molecule has 0 radical (unpaired) electrons. The Labute approximate surface area is 100 Å². The maximum absolute atomic E-state index is 9.15. The monoisotopic (exact) mass is 258 g/mol. The molecule has 2 aromatic rings. The molecule has 6 heteroatoms. The van der Waals surface area contributed by atoms with E-state index in [0.29, 0.717) is 15.7 Å². The first-order valence-electron chi connectivity index (χ1n) is 4.13. The van der Waals surface area contributed by atoms with Crippen molar-refractivity contribution in [2.75, 3.05) is 0 Å². The third-order valence-electron chi connectivity index (χ3n) is 1.70. The first kappa shape index (κ1) is 10.9. The van der Waals surface area contributed by atoms with E-state index in [1.807, 2.05) is 17.5 Å². The summed E-state index contributed by atoms with van der Waals surface area (Å²) in [5.41, 5.74) is 0.581. The summed E-state index contributed by atoms with van der Waals surface area (Å²) in [6.45, 7) is -0.145. The van der Waals surface area contributed by atoms with Gasteiger partial charge in [-0.1, -0.05) is 29.4 Å². The lowest BCUT2D eigenvalue weighted by molar-refractivity contribution is 0.277. The van der Waals surface area contributed by atoms with E-state index in [4.69, 9.17) is 16.7 Å². The van der Waals surface area contributed by atoms with Crippen LogP contribution < -0.4 is 0 Å². The minimum Gasteiger partial charge on any atom is -0.391 e. The van der Waals surface area contributed by atoms with E-state index in [2.05, 4.69) is 9.97 Å². The molecule has 0 spiro atoms. The van der Waals surface area contributed by atoms with Gasteiger partial charge in [-0.15, -0.1) is 11.3 Å². The van der Waals surface area contributed by atoms with Gasteiger partial charge in [0.05, 0.1) is 10.8 Å². The van der Waals surface area contributed by atoms with Crippen LogP contribution in [0.15, 0.2) is 33.1 Å². The van der Waals surface area contributed by atoms with Gasteiger partial charge in [-0.05, 0) is 11.4 Å². The summed E-state index contributed by atoms with van der Waals surface area (Å²) in [6, 6.07) is 3.96. The number of rotatable bonds is 3. The molecule has 0 saturated heterocycles. The van der Waals surface area contributed by atoms with E-state index >= 15 is 0 Å². The SMILES string of the molecule is OCc1c(Cl)ncnc1Sc1cccs1. The molecule has 2 rings (SSSR count). The fourth-order valence-corrected chi connectivity index (χ4v) is 3.03. The number of halogens is 1. The molecule has 2 heterocycles. The molecule has 78 valence electrons. The number of aliphatic hydroxyl groups excluding tert-OH is 1. The summed E-state index contributed by atoms with van der Waals surface area (Å²) in [5.74, 6) is 0. The van der Waals surface area contributed by atoms with Gasteiger partial charge in [0.2, 0.25) is 0 Å². The number of thiophene rings is 1. The maximum atomic E-state index is 9.15. The van der Waals surface area contributed by atoms with Gasteiger partial charge in [0.1, 0.15) is 16.5 Å². The van der Waals surface area contributed by atoms with Crippen LogP contribution in [-0.4, -0.2) is 15.1 Å². The van der Waals surface area contributed by atoms with E-state index in [-0.39, 0.29) is 6.61 Å². The zero-order valence-corrected chi connectivity index (χ0v) is 9.94. The normalized spacial score (nSPS) is 10.5.